The molecule has 3 N–H and O–H groups in total. The minimum Gasteiger partial charge on any atom is -0.466 e. The highest BCUT2D eigenvalue weighted by molar-refractivity contribution is 5.76. The maximum atomic E-state index is 12.5. The molecule has 0 aromatic rings. The van der Waals surface area contributed by atoms with Gasteiger partial charge in [-0.1, -0.05) is 269 Å². The molecule has 6 heteroatoms. The van der Waals surface area contributed by atoms with Crippen LogP contribution in [0.3, 0.4) is 0 Å². The number of allylic oxidation sites excluding steroid dienone is 5. The smallest absolute Gasteiger partial charge is 0.305 e. The Morgan fingerprint density at radius 1 is 0.391 bits per heavy atom. The summed E-state index contributed by atoms with van der Waals surface area (Å²) in [7, 11) is 0. The van der Waals surface area contributed by atoms with Crippen molar-refractivity contribution in [3.05, 3.63) is 36.5 Å². The van der Waals surface area contributed by atoms with Crippen LogP contribution in [0.25, 0.3) is 0 Å². The number of aliphatic hydroxyl groups is 2. The second-order valence-electron chi connectivity index (χ2n) is 21.0. The predicted octanol–water partition coefficient (Wildman–Crippen LogP) is 19.2. The lowest BCUT2D eigenvalue weighted by Crippen LogP contribution is -2.45. The zero-order valence-electron chi connectivity index (χ0n) is 46.3. The van der Waals surface area contributed by atoms with Gasteiger partial charge in [-0.25, -0.2) is 0 Å². The maximum Gasteiger partial charge on any atom is 0.305 e. The predicted molar refractivity (Wildman–Crippen MR) is 301 cm³/mol. The zero-order chi connectivity index (χ0) is 50.0. The van der Waals surface area contributed by atoms with Crippen LogP contribution in [0.2, 0.25) is 0 Å². The van der Waals surface area contributed by atoms with Crippen LogP contribution in [0.15, 0.2) is 36.5 Å². The molecule has 0 aliphatic rings. The van der Waals surface area contributed by atoms with E-state index >= 15 is 0 Å². The summed E-state index contributed by atoms with van der Waals surface area (Å²) in [5.74, 6) is -0.112. The third-order valence-electron chi connectivity index (χ3n) is 14.1. The number of unbranched alkanes of at least 4 members (excludes halogenated alkanes) is 42. The van der Waals surface area contributed by atoms with Gasteiger partial charge in [0.05, 0.1) is 25.4 Å². The molecule has 0 aromatic heterocycles. The van der Waals surface area contributed by atoms with Crippen molar-refractivity contribution in [2.24, 2.45) is 0 Å². The maximum absolute atomic E-state index is 12.5. The fraction of sp³-hybridized carbons (Fsp3) is 0.873. The summed E-state index contributed by atoms with van der Waals surface area (Å²) < 4.78 is 5.48. The summed E-state index contributed by atoms with van der Waals surface area (Å²) in [6, 6.07) is -0.650. The normalized spacial score (nSPS) is 12.8. The van der Waals surface area contributed by atoms with E-state index in [2.05, 4.69) is 43.5 Å². The largest absolute Gasteiger partial charge is 0.466 e. The van der Waals surface area contributed by atoms with Gasteiger partial charge in [-0.3, -0.25) is 9.59 Å². The van der Waals surface area contributed by atoms with Crippen LogP contribution in [-0.4, -0.2) is 47.4 Å². The van der Waals surface area contributed by atoms with E-state index in [0.29, 0.717) is 19.4 Å². The number of carbonyl (C=O) groups is 2. The van der Waals surface area contributed by atoms with Gasteiger partial charge < -0.3 is 20.3 Å². The number of carbonyl (C=O) groups excluding carboxylic acids is 2. The van der Waals surface area contributed by atoms with Gasteiger partial charge in [0.25, 0.3) is 0 Å². The Morgan fingerprint density at radius 3 is 1.04 bits per heavy atom. The van der Waals surface area contributed by atoms with Gasteiger partial charge in [-0.2, -0.15) is 0 Å². The van der Waals surface area contributed by atoms with Crippen LogP contribution in [0.5, 0.6) is 0 Å². The van der Waals surface area contributed by atoms with Crippen LogP contribution in [0.1, 0.15) is 328 Å². The van der Waals surface area contributed by atoms with Crippen molar-refractivity contribution in [3.63, 3.8) is 0 Å². The van der Waals surface area contributed by atoms with E-state index in [9.17, 15) is 19.8 Å². The first-order valence-electron chi connectivity index (χ1n) is 30.8. The average molecular weight is 971 g/mol. The molecule has 0 fully saturated rings. The molecule has 69 heavy (non-hydrogen) atoms. The van der Waals surface area contributed by atoms with Gasteiger partial charge in [-0.05, 0) is 83.5 Å². The molecule has 0 aromatic carbocycles. The minimum atomic E-state index is -0.863. The number of amides is 1. The van der Waals surface area contributed by atoms with Gasteiger partial charge in [0.15, 0.2) is 0 Å². The zero-order valence-corrected chi connectivity index (χ0v) is 46.3. The molecule has 0 spiro atoms. The van der Waals surface area contributed by atoms with E-state index in [0.717, 1.165) is 70.6 Å². The Morgan fingerprint density at radius 2 is 0.681 bits per heavy atom. The molecule has 1 amide bonds. The quantitative estimate of drug-likeness (QED) is 0.0321. The third kappa shape index (κ3) is 55.2. The second kappa shape index (κ2) is 58.6. The molecule has 0 bridgehead atoms. The molecule has 6 nitrogen and oxygen atoms in total. The lowest BCUT2D eigenvalue weighted by Gasteiger charge is -2.19. The van der Waals surface area contributed by atoms with E-state index < -0.39 is 12.1 Å². The van der Waals surface area contributed by atoms with Crippen LogP contribution < -0.4 is 5.32 Å². The number of hydrogen-bond donors (Lipinski definition) is 3. The Bertz CT molecular complexity index is 1120. The highest BCUT2D eigenvalue weighted by atomic mass is 16.5. The fourth-order valence-electron chi connectivity index (χ4n) is 9.39. The van der Waals surface area contributed by atoms with E-state index in [-0.39, 0.29) is 18.5 Å². The Balaban J connectivity index is 3.51. The summed E-state index contributed by atoms with van der Waals surface area (Å²) in [6.45, 7) is 4.88. The van der Waals surface area contributed by atoms with E-state index in [1.165, 1.54) is 231 Å². The first-order valence-corrected chi connectivity index (χ1v) is 30.8. The fourth-order valence-corrected chi connectivity index (χ4v) is 9.39. The van der Waals surface area contributed by atoms with Gasteiger partial charge >= 0.3 is 5.97 Å². The summed E-state index contributed by atoms with van der Waals surface area (Å²) in [5, 5.41) is 23.2. The molecule has 2 atom stereocenters. The van der Waals surface area contributed by atoms with Crippen LogP contribution in [0.4, 0.5) is 0 Å². The van der Waals surface area contributed by atoms with Gasteiger partial charge in [-0.15, -0.1) is 0 Å². The van der Waals surface area contributed by atoms with Crippen molar-refractivity contribution in [3.8, 4) is 0 Å². The number of ether oxygens (including phenoxy) is 1. The highest BCUT2D eigenvalue weighted by Gasteiger charge is 2.18. The standard InChI is InChI=1S/C63H119NO5/c1-3-5-7-9-11-13-15-17-19-21-23-24-25-26-28-31-35-39-43-47-51-55-61(66)60(59-65)64-62(67)56-52-48-44-40-36-32-30-34-38-42-46-50-54-58-69-63(68)57-53-49-45-41-37-33-29-27-22-20-18-16-14-12-10-8-6-4-2/h20,22,32,36,51,55,60-61,65-66H,3-19,21,23-31,33-35,37-50,52-54,56-59H2,1-2H3,(H,64,67)/b22-20-,36-32-,55-51+. The number of aliphatic hydroxyl groups excluding tert-OH is 2. The summed E-state index contributed by atoms with van der Waals surface area (Å²) in [5.41, 5.74) is 0. The van der Waals surface area contributed by atoms with E-state index in [1.54, 1.807) is 6.08 Å². The van der Waals surface area contributed by atoms with E-state index in [1.807, 2.05) is 6.08 Å². The van der Waals surface area contributed by atoms with Crippen LogP contribution in [-0.2, 0) is 14.3 Å². The van der Waals surface area contributed by atoms with Crippen molar-refractivity contribution in [2.45, 2.75) is 341 Å². The minimum absolute atomic E-state index is 0.0166. The summed E-state index contributed by atoms with van der Waals surface area (Å²) in [6.07, 6.45) is 73.2. The Labute approximate surface area is 430 Å². The number of rotatable bonds is 57. The highest BCUT2D eigenvalue weighted by Crippen LogP contribution is 2.17. The van der Waals surface area contributed by atoms with Crippen LogP contribution in [0, 0.1) is 0 Å². The first-order chi connectivity index (χ1) is 34.0. The molecule has 406 valence electrons. The van der Waals surface area contributed by atoms with Gasteiger partial charge in [0.2, 0.25) is 5.91 Å². The first kappa shape index (κ1) is 67.1. The molecule has 0 saturated carbocycles. The Kier molecular flexibility index (Phi) is 57.0. The monoisotopic (exact) mass is 970 g/mol. The van der Waals surface area contributed by atoms with Crippen molar-refractivity contribution < 1.29 is 24.5 Å². The molecular weight excluding hydrogens is 851 g/mol. The third-order valence-corrected chi connectivity index (χ3v) is 14.1. The van der Waals surface area contributed by atoms with Crippen molar-refractivity contribution >= 4 is 11.9 Å². The molecule has 0 aliphatic carbocycles. The molecule has 0 saturated heterocycles. The molecule has 0 radical (unpaired) electrons. The summed E-state index contributed by atoms with van der Waals surface area (Å²) >= 11 is 0. The molecule has 0 heterocycles. The topological polar surface area (TPSA) is 95.9 Å². The second-order valence-corrected chi connectivity index (χ2v) is 21.0. The van der Waals surface area contributed by atoms with E-state index in [4.69, 9.17) is 4.74 Å². The Hall–Kier alpha value is -1.92. The molecule has 0 aliphatic heterocycles. The lowest BCUT2D eigenvalue weighted by atomic mass is 10.0. The summed E-state index contributed by atoms with van der Waals surface area (Å²) in [4.78, 5) is 24.6. The molecule has 2 unspecified atom stereocenters. The SMILES string of the molecule is CCCCCCCCC/C=C\CCCCCCCCCC(=O)OCCCCCCCC/C=C\CCCCCC(=O)NC(CO)C(O)/C=C/CCCCCCCCCCCCCCCCCCCCC. The van der Waals surface area contributed by atoms with Crippen LogP contribution >= 0.6 is 0 Å². The van der Waals surface area contributed by atoms with Gasteiger partial charge in [0.1, 0.15) is 0 Å². The number of hydrogen-bond acceptors (Lipinski definition) is 5. The molecular formula is C63H119NO5. The van der Waals surface area contributed by atoms with Gasteiger partial charge in [0, 0.05) is 12.8 Å². The molecule has 0 rings (SSSR count). The van der Waals surface area contributed by atoms with Crippen molar-refractivity contribution in [1.29, 1.82) is 0 Å². The van der Waals surface area contributed by atoms with Crippen molar-refractivity contribution in [2.75, 3.05) is 13.2 Å². The number of nitrogens with one attached hydrogen (secondary N) is 1. The lowest BCUT2D eigenvalue weighted by molar-refractivity contribution is -0.143. The number of esters is 1. The van der Waals surface area contributed by atoms with Crippen molar-refractivity contribution in [1.82, 2.24) is 5.32 Å². The average Bonchev–Trinajstić information content (AvgIpc) is 3.35.